The fourth-order valence-electron chi connectivity index (χ4n) is 3.23. The van der Waals surface area contributed by atoms with Gasteiger partial charge in [0.2, 0.25) is 29.3 Å². The summed E-state index contributed by atoms with van der Waals surface area (Å²) in [4.78, 5) is 34.5. The van der Waals surface area contributed by atoms with E-state index in [4.69, 9.17) is 4.74 Å². The molecule has 0 bridgehead atoms. The van der Waals surface area contributed by atoms with Gasteiger partial charge < -0.3 is 4.74 Å². The highest BCUT2D eigenvalue weighted by atomic mass is 16.5. The Labute approximate surface area is 149 Å². The number of carbonyl (C=O) groups is 2. The van der Waals surface area contributed by atoms with E-state index in [1.807, 2.05) is 0 Å². The van der Waals surface area contributed by atoms with Crippen LogP contribution >= 0.6 is 0 Å². The maximum absolute atomic E-state index is 13.1. The lowest BCUT2D eigenvalue weighted by atomic mass is 9.90. The third-order valence-corrected chi connectivity index (χ3v) is 4.41. The molecule has 0 atom stereocenters. The van der Waals surface area contributed by atoms with Gasteiger partial charge >= 0.3 is 0 Å². The van der Waals surface area contributed by atoms with Gasteiger partial charge in [-0.15, -0.1) is 0 Å². The fraction of sp³-hybridized carbons (Fsp3) is 0.211. The number of fused-ring (bicyclic) bond motifs is 2. The van der Waals surface area contributed by atoms with Crippen molar-refractivity contribution in [2.75, 3.05) is 13.7 Å². The number of nitrogens with zero attached hydrogens (tertiary/aromatic N) is 4. The molecule has 3 aromatic rings. The monoisotopic (exact) mass is 349 g/mol. The van der Waals surface area contributed by atoms with E-state index >= 15 is 0 Å². The Morgan fingerprint density at radius 3 is 2.58 bits per heavy atom. The van der Waals surface area contributed by atoms with Gasteiger partial charge in [-0.25, -0.2) is 9.13 Å². The summed E-state index contributed by atoms with van der Waals surface area (Å²) >= 11 is 0. The fourth-order valence-corrected chi connectivity index (χ4v) is 3.23. The number of carbonyl (C=O) groups excluding carboxylic acids is 2. The molecule has 0 N–H and O–H groups in total. The van der Waals surface area contributed by atoms with Crippen LogP contribution < -0.4 is 4.57 Å². The van der Waals surface area contributed by atoms with Crippen LogP contribution in [0.4, 0.5) is 0 Å². The van der Waals surface area contributed by atoms with Crippen molar-refractivity contribution in [3.05, 3.63) is 77.4 Å². The largest absolute Gasteiger partial charge is 0.381 e. The number of methoxy groups -OCH3 is 1. The van der Waals surface area contributed by atoms with Crippen LogP contribution in [-0.4, -0.2) is 39.8 Å². The smallest absolute Gasteiger partial charge is 0.245 e. The van der Waals surface area contributed by atoms with E-state index in [1.165, 1.54) is 0 Å². The van der Waals surface area contributed by atoms with Crippen molar-refractivity contribution < 1.29 is 18.9 Å². The van der Waals surface area contributed by atoms with Crippen molar-refractivity contribution in [3.8, 4) is 0 Å². The lowest BCUT2D eigenvalue weighted by Gasteiger charge is -2.12. The summed E-state index contributed by atoms with van der Waals surface area (Å²) in [7, 11) is 1.60. The molecule has 4 rings (SSSR count). The van der Waals surface area contributed by atoms with Crippen molar-refractivity contribution in [3.63, 3.8) is 0 Å². The highest BCUT2D eigenvalue weighted by Gasteiger charge is 2.40. The highest BCUT2D eigenvalue weighted by molar-refractivity contribution is 6.26. The lowest BCUT2D eigenvalue weighted by molar-refractivity contribution is -0.690. The molecule has 0 unspecified atom stereocenters. The molecule has 1 aliphatic rings. The maximum atomic E-state index is 13.1. The van der Waals surface area contributed by atoms with Crippen LogP contribution in [0, 0.1) is 0 Å². The van der Waals surface area contributed by atoms with Crippen molar-refractivity contribution in [1.82, 2.24) is 14.5 Å². The number of hydrogen-bond donors (Lipinski definition) is 0. The number of ether oxygens (including phenoxy) is 1. The molecule has 1 aliphatic carbocycles. The average Bonchev–Trinajstić information content (AvgIpc) is 3.03. The molecule has 0 amide bonds. The Morgan fingerprint density at radius 2 is 1.88 bits per heavy atom. The molecule has 7 heteroatoms. The second-order valence-corrected chi connectivity index (χ2v) is 6.03. The summed E-state index contributed by atoms with van der Waals surface area (Å²) in [5.41, 5.74) is 2.37. The summed E-state index contributed by atoms with van der Waals surface area (Å²) in [5.74, 6) is -0.306. The van der Waals surface area contributed by atoms with Gasteiger partial charge in [0.25, 0.3) is 0 Å². The van der Waals surface area contributed by atoms with Gasteiger partial charge in [0.05, 0.1) is 12.8 Å². The Bertz CT molecular complexity index is 995. The van der Waals surface area contributed by atoms with Crippen molar-refractivity contribution in [1.29, 1.82) is 0 Å². The van der Waals surface area contributed by atoms with Gasteiger partial charge in [-0.2, -0.15) is 0 Å². The summed E-state index contributed by atoms with van der Waals surface area (Å²) in [6.07, 6.45) is 6.62. The third kappa shape index (κ3) is 2.62. The van der Waals surface area contributed by atoms with E-state index in [1.54, 1.807) is 65.4 Å². The summed E-state index contributed by atoms with van der Waals surface area (Å²) < 4.78 is 8.70. The van der Waals surface area contributed by atoms with E-state index in [2.05, 4.69) is 9.97 Å². The molecule has 0 aliphatic heterocycles. The Balaban J connectivity index is 1.86. The van der Waals surface area contributed by atoms with Crippen LogP contribution in [0.2, 0.25) is 0 Å². The number of hydrogen-bond acceptors (Lipinski definition) is 5. The molecule has 0 radical (unpaired) electrons. The predicted octanol–water partition coefficient (Wildman–Crippen LogP) is 1.04. The van der Waals surface area contributed by atoms with Gasteiger partial charge in [-0.1, -0.05) is 24.3 Å². The van der Waals surface area contributed by atoms with Crippen LogP contribution in [0.5, 0.6) is 0 Å². The zero-order valence-electron chi connectivity index (χ0n) is 14.3. The minimum absolute atomic E-state index is 0.149. The summed E-state index contributed by atoms with van der Waals surface area (Å²) in [6, 6.07) is 6.92. The topological polar surface area (TPSA) is 78.0 Å². The zero-order chi connectivity index (χ0) is 18.1. The second-order valence-electron chi connectivity index (χ2n) is 6.03. The number of aromatic nitrogens is 4. The van der Waals surface area contributed by atoms with E-state index in [0.717, 1.165) is 0 Å². The normalized spacial score (nSPS) is 12.8. The predicted molar refractivity (Wildman–Crippen MR) is 90.9 cm³/mol. The van der Waals surface area contributed by atoms with Gasteiger partial charge in [-0.3, -0.25) is 19.6 Å². The zero-order valence-corrected chi connectivity index (χ0v) is 14.3. The quantitative estimate of drug-likeness (QED) is 0.503. The minimum Gasteiger partial charge on any atom is -0.381 e. The highest BCUT2D eigenvalue weighted by Crippen LogP contribution is 2.25. The van der Waals surface area contributed by atoms with Crippen LogP contribution in [0.1, 0.15) is 37.8 Å². The van der Waals surface area contributed by atoms with Crippen LogP contribution in [0.3, 0.4) is 0 Å². The Hall–Kier alpha value is -3.19. The molecule has 130 valence electrons. The van der Waals surface area contributed by atoms with Gasteiger partial charge in [-0.05, 0) is 0 Å². The van der Waals surface area contributed by atoms with E-state index in [9.17, 15) is 9.59 Å². The van der Waals surface area contributed by atoms with Crippen LogP contribution in [0.25, 0.3) is 0 Å². The SMILES string of the molecule is COCCn1c[n+](Cc2cnccn2)c2c1C(=O)c1ccccc1C2=O. The van der Waals surface area contributed by atoms with E-state index in [-0.39, 0.29) is 11.6 Å². The standard InChI is InChI=1S/C19H17N4O3/c1-26-9-8-22-12-23(11-13-10-20-6-7-21-13)17-16(22)18(24)14-4-2-3-5-15(14)19(17)25/h2-7,10,12H,8-9,11H2,1H3/q+1. The lowest BCUT2D eigenvalue weighted by Crippen LogP contribution is -2.41. The first-order valence-corrected chi connectivity index (χ1v) is 8.25. The second kappa shape index (κ2) is 6.61. The Morgan fingerprint density at radius 1 is 1.12 bits per heavy atom. The van der Waals surface area contributed by atoms with Crippen molar-refractivity contribution in [2.45, 2.75) is 13.1 Å². The molecular weight excluding hydrogens is 332 g/mol. The molecular formula is C19H17N4O3+. The van der Waals surface area contributed by atoms with Gasteiger partial charge in [0, 0.05) is 30.6 Å². The molecule has 1 aromatic carbocycles. The van der Waals surface area contributed by atoms with Crippen molar-refractivity contribution in [2.24, 2.45) is 0 Å². The van der Waals surface area contributed by atoms with Gasteiger partial charge in [0.1, 0.15) is 18.8 Å². The first-order chi connectivity index (χ1) is 12.7. The van der Waals surface area contributed by atoms with Crippen molar-refractivity contribution >= 4 is 11.6 Å². The molecule has 0 spiro atoms. The Kier molecular flexibility index (Phi) is 4.14. The average molecular weight is 349 g/mol. The van der Waals surface area contributed by atoms with Crippen LogP contribution in [-0.2, 0) is 17.8 Å². The molecule has 0 saturated carbocycles. The number of ketones is 2. The minimum atomic E-state index is -0.157. The first kappa shape index (κ1) is 16.3. The van der Waals surface area contributed by atoms with E-state index in [0.29, 0.717) is 47.9 Å². The summed E-state index contributed by atoms with van der Waals surface area (Å²) in [6.45, 7) is 1.28. The maximum Gasteiger partial charge on any atom is 0.245 e. The molecule has 2 aromatic heterocycles. The molecule has 26 heavy (non-hydrogen) atoms. The number of rotatable bonds is 5. The number of imidazole rings is 1. The molecule has 7 nitrogen and oxygen atoms in total. The number of benzene rings is 1. The van der Waals surface area contributed by atoms with Crippen LogP contribution in [0.15, 0.2) is 49.2 Å². The molecule has 2 heterocycles. The summed E-state index contributed by atoms with van der Waals surface area (Å²) in [5, 5.41) is 0. The van der Waals surface area contributed by atoms with E-state index < -0.39 is 0 Å². The van der Waals surface area contributed by atoms with Gasteiger partial charge in [0.15, 0.2) is 0 Å². The first-order valence-electron chi connectivity index (χ1n) is 8.25. The molecule has 0 saturated heterocycles. The molecule has 0 fully saturated rings. The third-order valence-electron chi connectivity index (χ3n) is 4.41.